The van der Waals surface area contributed by atoms with Crippen molar-refractivity contribution in [2.24, 2.45) is 0 Å². The lowest BCUT2D eigenvalue weighted by Gasteiger charge is -2.16. The standard InChI is InChI=1S/C13H20N2O2S/c1-13(2,3)18-9-12(16)15-8-10-7-11(17-4)5-6-14-10/h5-7H,8-9H2,1-4H3,(H,15,16). The van der Waals surface area contributed by atoms with Crippen molar-refractivity contribution in [2.45, 2.75) is 32.1 Å². The van der Waals surface area contributed by atoms with Crippen LogP contribution in [0.4, 0.5) is 0 Å². The Kier molecular flexibility index (Phi) is 5.47. The molecule has 0 fully saturated rings. The van der Waals surface area contributed by atoms with Crippen molar-refractivity contribution in [1.82, 2.24) is 10.3 Å². The second-order valence-corrected chi connectivity index (χ2v) is 6.67. The number of methoxy groups -OCH3 is 1. The van der Waals surface area contributed by atoms with Gasteiger partial charge in [0.2, 0.25) is 5.91 Å². The molecule has 100 valence electrons. The zero-order valence-corrected chi connectivity index (χ0v) is 12.1. The Balaban J connectivity index is 2.38. The molecule has 0 aromatic carbocycles. The van der Waals surface area contributed by atoms with Crippen molar-refractivity contribution in [1.29, 1.82) is 0 Å². The number of hydrogen-bond donors (Lipinski definition) is 1. The van der Waals surface area contributed by atoms with E-state index in [1.54, 1.807) is 31.1 Å². The highest BCUT2D eigenvalue weighted by Crippen LogP contribution is 2.22. The van der Waals surface area contributed by atoms with E-state index >= 15 is 0 Å². The Morgan fingerprint density at radius 3 is 2.83 bits per heavy atom. The van der Waals surface area contributed by atoms with Gasteiger partial charge in [-0.3, -0.25) is 9.78 Å². The quantitative estimate of drug-likeness (QED) is 0.890. The number of aromatic nitrogens is 1. The molecule has 0 bridgehead atoms. The number of pyridine rings is 1. The maximum absolute atomic E-state index is 11.6. The van der Waals surface area contributed by atoms with Crippen molar-refractivity contribution in [3.8, 4) is 5.75 Å². The molecular formula is C13H20N2O2S. The van der Waals surface area contributed by atoms with E-state index < -0.39 is 0 Å². The summed E-state index contributed by atoms with van der Waals surface area (Å²) in [5.74, 6) is 1.24. The number of carbonyl (C=O) groups is 1. The van der Waals surface area contributed by atoms with E-state index in [-0.39, 0.29) is 10.7 Å². The average Bonchev–Trinajstić information content (AvgIpc) is 2.33. The fourth-order valence-corrected chi connectivity index (χ4v) is 1.87. The van der Waals surface area contributed by atoms with E-state index in [0.717, 1.165) is 11.4 Å². The largest absolute Gasteiger partial charge is 0.497 e. The molecule has 0 aliphatic carbocycles. The lowest BCUT2D eigenvalue weighted by atomic mass is 10.3. The third-order valence-corrected chi connectivity index (χ3v) is 3.40. The van der Waals surface area contributed by atoms with Gasteiger partial charge in [0.1, 0.15) is 5.75 Å². The van der Waals surface area contributed by atoms with Crippen LogP contribution in [0.2, 0.25) is 0 Å². The second-order valence-electron chi connectivity index (χ2n) is 4.86. The number of amides is 1. The van der Waals surface area contributed by atoms with Crippen molar-refractivity contribution in [3.63, 3.8) is 0 Å². The summed E-state index contributed by atoms with van der Waals surface area (Å²) in [6.07, 6.45) is 1.67. The summed E-state index contributed by atoms with van der Waals surface area (Å²) in [5, 5.41) is 2.85. The van der Waals surface area contributed by atoms with Gasteiger partial charge in [-0.1, -0.05) is 20.8 Å². The molecule has 1 rings (SSSR count). The molecule has 1 N–H and O–H groups in total. The van der Waals surface area contributed by atoms with Gasteiger partial charge < -0.3 is 10.1 Å². The number of ether oxygens (including phenoxy) is 1. The first-order valence-corrected chi connectivity index (χ1v) is 6.79. The first-order valence-electron chi connectivity index (χ1n) is 5.80. The maximum atomic E-state index is 11.6. The van der Waals surface area contributed by atoms with Crippen LogP contribution >= 0.6 is 11.8 Å². The summed E-state index contributed by atoms with van der Waals surface area (Å²) in [6.45, 7) is 6.71. The number of thioether (sulfide) groups is 1. The van der Waals surface area contributed by atoms with Gasteiger partial charge in [-0.15, -0.1) is 11.8 Å². The van der Waals surface area contributed by atoms with Crippen LogP contribution in [0.25, 0.3) is 0 Å². The van der Waals surface area contributed by atoms with E-state index in [1.165, 1.54) is 0 Å². The average molecular weight is 268 g/mol. The molecular weight excluding hydrogens is 248 g/mol. The fourth-order valence-electron chi connectivity index (χ4n) is 1.20. The second kappa shape index (κ2) is 6.64. The monoisotopic (exact) mass is 268 g/mol. The Hall–Kier alpha value is -1.23. The molecule has 1 heterocycles. The Morgan fingerprint density at radius 1 is 1.50 bits per heavy atom. The van der Waals surface area contributed by atoms with Gasteiger partial charge in [0.05, 0.1) is 25.1 Å². The number of rotatable bonds is 5. The van der Waals surface area contributed by atoms with Gasteiger partial charge in [0, 0.05) is 17.0 Å². The minimum Gasteiger partial charge on any atom is -0.497 e. The lowest BCUT2D eigenvalue weighted by molar-refractivity contribution is -0.118. The zero-order chi connectivity index (χ0) is 13.6. The minimum absolute atomic E-state index is 0.0274. The van der Waals surface area contributed by atoms with Gasteiger partial charge in [0.25, 0.3) is 0 Å². The SMILES string of the molecule is COc1ccnc(CNC(=O)CSC(C)(C)C)c1. The molecule has 1 aromatic rings. The summed E-state index contributed by atoms with van der Waals surface area (Å²) in [5.41, 5.74) is 0.795. The van der Waals surface area contributed by atoms with Gasteiger partial charge in [-0.05, 0) is 6.07 Å². The van der Waals surface area contributed by atoms with Crippen molar-refractivity contribution in [3.05, 3.63) is 24.0 Å². The van der Waals surface area contributed by atoms with E-state index in [2.05, 4.69) is 31.1 Å². The van der Waals surface area contributed by atoms with Gasteiger partial charge >= 0.3 is 0 Å². The van der Waals surface area contributed by atoms with Crippen LogP contribution in [0.3, 0.4) is 0 Å². The van der Waals surface area contributed by atoms with Crippen LogP contribution in [0.5, 0.6) is 5.75 Å². The molecule has 0 aliphatic heterocycles. The minimum atomic E-state index is 0.0274. The fraction of sp³-hybridized carbons (Fsp3) is 0.538. The van der Waals surface area contributed by atoms with Crippen LogP contribution < -0.4 is 10.1 Å². The summed E-state index contributed by atoms with van der Waals surface area (Å²) in [6, 6.07) is 3.60. The molecule has 0 radical (unpaired) electrons. The highest BCUT2D eigenvalue weighted by molar-refractivity contribution is 8.01. The smallest absolute Gasteiger partial charge is 0.230 e. The summed E-state index contributed by atoms with van der Waals surface area (Å²) in [4.78, 5) is 15.8. The molecule has 0 spiro atoms. The number of carbonyl (C=O) groups excluding carboxylic acids is 1. The first-order chi connectivity index (χ1) is 8.40. The molecule has 4 nitrogen and oxygen atoms in total. The van der Waals surface area contributed by atoms with Crippen molar-refractivity contribution < 1.29 is 9.53 Å². The topological polar surface area (TPSA) is 51.2 Å². The summed E-state index contributed by atoms with van der Waals surface area (Å²) >= 11 is 1.63. The molecule has 18 heavy (non-hydrogen) atoms. The van der Waals surface area contributed by atoms with Gasteiger partial charge in [-0.25, -0.2) is 0 Å². The van der Waals surface area contributed by atoms with Crippen molar-refractivity contribution in [2.75, 3.05) is 12.9 Å². The first kappa shape index (κ1) is 14.8. The predicted octanol–water partition coefficient (Wildman–Crippen LogP) is 2.24. The molecule has 1 amide bonds. The molecule has 0 atom stereocenters. The van der Waals surface area contributed by atoms with Crippen LogP contribution in [0, 0.1) is 0 Å². The number of nitrogens with zero attached hydrogens (tertiary/aromatic N) is 1. The molecule has 1 aromatic heterocycles. The molecule has 0 unspecified atom stereocenters. The van der Waals surface area contributed by atoms with Gasteiger partial charge in [0.15, 0.2) is 0 Å². The summed E-state index contributed by atoms with van der Waals surface area (Å²) in [7, 11) is 1.61. The summed E-state index contributed by atoms with van der Waals surface area (Å²) < 4.78 is 5.20. The molecule has 0 saturated heterocycles. The van der Waals surface area contributed by atoms with Crippen molar-refractivity contribution >= 4 is 17.7 Å². The van der Waals surface area contributed by atoms with E-state index in [4.69, 9.17) is 4.74 Å². The third kappa shape index (κ3) is 5.91. The molecule has 0 saturated carbocycles. The third-order valence-electron chi connectivity index (χ3n) is 2.13. The predicted molar refractivity (Wildman–Crippen MR) is 74.8 cm³/mol. The van der Waals surface area contributed by atoms with Crippen LogP contribution in [0.15, 0.2) is 18.3 Å². The lowest BCUT2D eigenvalue weighted by Crippen LogP contribution is -2.26. The van der Waals surface area contributed by atoms with E-state index in [1.807, 2.05) is 6.07 Å². The Morgan fingerprint density at radius 2 is 2.22 bits per heavy atom. The maximum Gasteiger partial charge on any atom is 0.230 e. The van der Waals surface area contributed by atoms with Crippen LogP contribution in [0.1, 0.15) is 26.5 Å². The number of hydrogen-bond acceptors (Lipinski definition) is 4. The highest BCUT2D eigenvalue weighted by atomic mass is 32.2. The van der Waals surface area contributed by atoms with Crippen LogP contribution in [-0.4, -0.2) is 28.5 Å². The molecule has 0 aliphatic rings. The Bertz CT molecular complexity index is 402. The van der Waals surface area contributed by atoms with E-state index in [9.17, 15) is 4.79 Å². The van der Waals surface area contributed by atoms with Gasteiger partial charge in [-0.2, -0.15) is 0 Å². The highest BCUT2D eigenvalue weighted by Gasteiger charge is 2.13. The Labute approximate surface area is 113 Å². The van der Waals surface area contributed by atoms with E-state index in [0.29, 0.717) is 12.3 Å². The normalized spacial score (nSPS) is 11.1. The number of nitrogens with one attached hydrogen (secondary N) is 1. The molecule has 5 heteroatoms. The zero-order valence-electron chi connectivity index (χ0n) is 11.3. The van der Waals surface area contributed by atoms with Crippen LogP contribution in [-0.2, 0) is 11.3 Å².